The van der Waals surface area contributed by atoms with Crippen LogP contribution in [-0.4, -0.2) is 33.7 Å². The van der Waals surface area contributed by atoms with Crippen molar-refractivity contribution in [2.75, 3.05) is 0 Å². The Morgan fingerprint density at radius 2 is 1.07 bits per heavy atom. The first kappa shape index (κ1) is 40.3. The van der Waals surface area contributed by atoms with Gasteiger partial charge in [0.05, 0.1) is 11.7 Å². The third-order valence-electron chi connectivity index (χ3n) is 10.5. The molecule has 12 heteroatoms. The van der Waals surface area contributed by atoms with E-state index < -0.39 is 42.2 Å². The van der Waals surface area contributed by atoms with Crippen LogP contribution in [0.4, 0.5) is 0 Å². The molecule has 1 aliphatic heterocycles. The van der Waals surface area contributed by atoms with E-state index in [1.807, 2.05) is 43.3 Å². The Morgan fingerprint density at radius 1 is 0.625 bits per heavy atom. The number of hydrogen-bond acceptors (Lipinski definition) is 10. The zero-order valence-corrected chi connectivity index (χ0v) is 34.1. The summed E-state index contributed by atoms with van der Waals surface area (Å²) in [4.78, 5) is 13.2. The van der Waals surface area contributed by atoms with Crippen LogP contribution in [-0.2, 0) is 36.3 Å². The summed E-state index contributed by atoms with van der Waals surface area (Å²) in [5.74, 6) is 0.396. The molecule has 0 aliphatic carbocycles. The highest BCUT2D eigenvalue weighted by molar-refractivity contribution is 7.88. The SMILES string of the molecule is CCC(C)Oc1ccc(C(C)(C)c2ccc(OS(=O)(=O)Oc3ccc(C4(c5ccc(OS(=O)(=O)C(C)(C)CC)cc5)OC(=O)c5ccccc54)cc3)cc2)cc1. The van der Waals surface area contributed by atoms with E-state index in [1.54, 1.807) is 81.4 Å². The van der Waals surface area contributed by atoms with Crippen molar-refractivity contribution in [2.45, 2.75) is 83.2 Å². The number of rotatable bonds is 15. The molecule has 0 N–H and O–H groups in total. The normalized spacial score (nSPS) is 16.4. The van der Waals surface area contributed by atoms with Crippen LogP contribution in [0, 0.1) is 0 Å². The van der Waals surface area contributed by atoms with E-state index in [0.717, 1.165) is 23.3 Å². The standard InChI is InChI=1S/C44H46O10S2/c1-8-30(3)50-35-22-14-31(15-23-35)43(6,7)32-16-24-37(25-17-32)53-56(48,49)54-38-28-20-34(21-29-38)44(40-13-11-10-12-39(40)41(45)51-44)33-18-26-36(27-19-33)52-55(46,47)42(4,5)9-2/h10-30H,8-9H2,1-7H3. The fraction of sp³-hybridized carbons (Fsp3) is 0.295. The molecular weight excluding hydrogens is 753 g/mol. The maximum atomic E-state index is 13.2. The van der Waals surface area contributed by atoms with Crippen molar-refractivity contribution in [3.63, 3.8) is 0 Å². The van der Waals surface area contributed by atoms with Gasteiger partial charge in [0.15, 0.2) is 5.60 Å². The molecule has 1 aliphatic rings. The molecule has 10 nitrogen and oxygen atoms in total. The van der Waals surface area contributed by atoms with Gasteiger partial charge in [0.25, 0.3) is 0 Å². The maximum absolute atomic E-state index is 13.2. The molecule has 0 fully saturated rings. The molecule has 5 aromatic rings. The first-order chi connectivity index (χ1) is 26.4. The zero-order valence-electron chi connectivity index (χ0n) is 32.4. The summed E-state index contributed by atoms with van der Waals surface area (Å²) in [5, 5.41) is 0. The number of ether oxygens (including phenoxy) is 2. The van der Waals surface area contributed by atoms with Crippen molar-refractivity contribution in [1.29, 1.82) is 0 Å². The second-order valence-corrected chi connectivity index (χ2v) is 18.2. The fourth-order valence-electron chi connectivity index (χ4n) is 6.33. The van der Waals surface area contributed by atoms with Crippen molar-refractivity contribution in [3.05, 3.63) is 155 Å². The lowest BCUT2D eigenvalue weighted by atomic mass is 9.78. The zero-order chi connectivity index (χ0) is 40.5. The molecular formula is C44H46O10S2. The van der Waals surface area contributed by atoms with Crippen LogP contribution in [0.5, 0.6) is 23.0 Å². The highest BCUT2D eigenvalue weighted by Crippen LogP contribution is 2.47. The largest absolute Gasteiger partial charge is 0.500 e. The van der Waals surface area contributed by atoms with Gasteiger partial charge in [-0.3, -0.25) is 0 Å². The minimum Gasteiger partial charge on any atom is -0.491 e. The van der Waals surface area contributed by atoms with Crippen molar-refractivity contribution in [3.8, 4) is 23.0 Å². The van der Waals surface area contributed by atoms with Gasteiger partial charge in [0.1, 0.15) is 27.7 Å². The molecule has 0 saturated carbocycles. The van der Waals surface area contributed by atoms with E-state index in [9.17, 15) is 21.6 Å². The van der Waals surface area contributed by atoms with Gasteiger partial charge in [0, 0.05) is 22.1 Å². The summed E-state index contributed by atoms with van der Waals surface area (Å²) in [6.07, 6.45) is 1.39. The predicted octanol–water partition coefficient (Wildman–Crippen LogP) is 9.25. The Bertz CT molecular complexity index is 2400. The average molecular weight is 799 g/mol. The molecule has 0 aromatic heterocycles. The lowest BCUT2D eigenvalue weighted by Gasteiger charge is -2.30. The van der Waals surface area contributed by atoms with Gasteiger partial charge < -0.3 is 22.0 Å². The molecule has 0 saturated heterocycles. The average Bonchev–Trinajstić information content (AvgIpc) is 3.48. The van der Waals surface area contributed by atoms with E-state index in [-0.39, 0.29) is 23.4 Å². The van der Waals surface area contributed by atoms with Crippen molar-refractivity contribution in [2.24, 2.45) is 0 Å². The molecule has 0 bridgehead atoms. The Labute approximate surface area is 329 Å². The van der Waals surface area contributed by atoms with Gasteiger partial charge in [-0.15, -0.1) is 8.42 Å². The first-order valence-corrected chi connectivity index (χ1v) is 21.1. The summed E-state index contributed by atoms with van der Waals surface area (Å²) in [7, 11) is -8.50. The fourth-order valence-corrected chi connectivity index (χ4v) is 8.00. The van der Waals surface area contributed by atoms with Gasteiger partial charge in [-0.2, -0.15) is 8.42 Å². The predicted molar refractivity (Wildman–Crippen MR) is 214 cm³/mol. The van der Waals surface area contributed by atoms with Crippen LogP contribution in [0.25, 0.3) is 0 Å². The second kappa shape index (κ2) is 15.3. The Balaban J connectivity index is 1.20. The van der Waals surface area contributed by atoms with Crippen LogP contribution in [0.2, 0.25) is 0 Å². The number of hydrogen-bond donors (Lipinski definition) is 0. The Hall–Kier alpha value is -5.33. The smallest absolute Gasteiger partial charge is 0.491 e. The van der Waals surface area contributed by atoms with Crippen LogP contribution in [0.3, 0.4) is 0 Å². The third kappa shape index (κ3) is 7.99. The number of benzene rings is 5. The van der Waals surface area contributed by atoms with E-state index in [2.05, 4.69) is 20.8 Å². The van der Waals surface area contributed by atoms with Gasteiger partial charge in [0.2, 0.25) is 0 Å². The summed E-state index contributed by atoms with van der Waals surface area (Å²) < 4.78 is 78.9. The minimum atomic E-state index is -4.56. The molecule has 5 aromatic carbocycles. The van der Waals surface area contributed by atoms with Gasteiger partial charge >= 0.3 is 26.5 Å². The molecule has 2 unspecified atom stereocenters. The molecule has 0 radical (unpaired) electrons. The van der Waals surface area contributed by atoms with Crippen molar-refractivity contribution >= 4 is 26.5 Å². The van der Waals surface area contributed by atoms with Crippen LogP contribution >= 0.6 is 0 Å². The molecule has 56 heavy (non-hydrogen) atoms. The number of esters is 1. The number of carbonyl (C=O) groups excluding carboxylic acids is 1. The second-order valence-electron chi connectivity index (χ2n) is 14.9. The molecule has 0 spiro atoms. The van der Waals surface area contributed by atoms with Crippen LogP contribution in [0.1, 0.15) is 99.5 Å². The Kier molecular flexibility index (Phi) is 11.0. The molecule has 0 amide bonds. The molecule has 6 rings (SSSR count). The lowest BCUT2D eigenvalue weighted by molar-refractivity contribution is 0.0251. The molecule has 2 atom stereocenters. The van der Waals surface area contributed by atoms with Crippen LogP contribution < -0.4 is 17.3 Å². The summed E-state index contributed by atoms with van der Waals surface area (Å²) >= 11 is 0. The number of cyclic esters (lactones) is 1. The Morgan fingerprint density at radius 3 is 1.55 bits per heavy atom. The number of carbonyl (C=O) groups is 1. The monoisotopic (exact) mass is 798 g/mol. The van der Waals surface area contributed by atoms with E-state index >= 15 is 0 Å². The van der Waals surface area contributed by atoms with Gasteiger partial charge in [-0.25, -0.2) is 4.79 Å². The van der Waals surface area contributed by atoms with Crippen molar-refractivity contribution in [1.82, 2.24) is 0 Å². The maximum Gasteiger partial charge on any atom is 0.500 e. The summed E-state index contributed by atoms with van der Waals surface area (Å²) in [6, 6.07) is 34.0. The lowest BCUT2D eigenvalue weighted by Crippen LogP contribution is -2.34. The van der Waals surface area contributed by atoms with Crippen LogP contribution in [0.15, 0.2) is 121 Å². The highest BCUT2D eigenvalue weighted by atomic mass is 32.3. The summed E-state index contributed by atoms with van der Waals surface area (Å²) in [6.45, 7) is 13.2. The van der Waals surface area contributed by atoms with E-state index in [1.165, 1.54) is 24.3 Å². The number of fused-ring (bicyclic) bond motifs is 1. The van der Waals surface area contributed by atoms with Gasteiger partial charge in [-0.1, -0.05) is 94.4 Å². The first-order valence-electron chi connectivity index (χ1n) is 18.4. The van der Waals surface area contributed by atoms with E-state index in [0.29, 0.717) is 28.7 Å². The van der Waals surface area contributed by atoms with Gasteiger partial charge in [-0.05, 0) is 99.3 Å². The third-order valence-corrected chi connectivity index (χ3v) is 13.3. The molecule has 294 valence electrons. The molecule has 1 heterocycles. The van der Waals surface area contributed by atoms with Crippen molar-refractivity contribution < 1.29 is 43.7 Å². The quantitative estimate of drug-likeness (QED) is 0.0746. The highest BCUT2D eigenvalue weighted by Gasteiger charge is 2.48. The van der Waals surface area contributed by atoms with E-state index in [4.69, 9.17) is 22.0 Å². The topological polar surface area (TPSA) is 132 Å². The summed E-state index contributed by atoms with van der Waals surface area (Å²) in [5.41, 5.74) is 2.10. The minimum absolute atomic E-state index is 0.0347.